The van der Waals surface area contributed by atoms with Gasteiger partial charge in [-0.05, 0) is 43.7 Å². The smallest absolute Gasteiger partial charge is 0.0431 e. The van der Waals surface area contributed by atoms with Crippen LogP contribution in [0.25, 0.3) is 0 Å². The van der Waals surface area contributed by atoms with Crippen molar-refractivity contribution >= 4 is 5.69 Å². The van der Waals surface area contributed by atoms with Crippen molar-refractivity contribution in [1.82, 2.24) is 5.32 Å². The topological polar surface area (TPSA) is 44.3 Å². The molecule has 0 amide bonds. The number of benzene rings is 1. The highest BCUT2D eigenvalue weighted by molar-refractivity contribution is 5.59. The Bertz CT molecular complexity index is 379. The molecule has 0 aliphatic carbocycles. The van der Waals surface area contributed by atoms with Gasteiger partial charge in [-0.15, -0.1) is 0 Å². The fraction of sp³-hybridized carbons (Fsp3) is 0.600. The summed E-state index contributed by atoms with van der Waals surface area (Å²) in [6.07, 6.45) is 4.32. The summed E-state index contributed by atoms with van der Waals surface area (Å²) in [6.45, 7) is 4.46. The molecular weight excluding hydrogens is 224 g/mol. The van der Waals surface area contributed by atoms with Crippen LogP contribution in [-0.4, -0.2) is 24.3 Å². The Hall–Kier alpha value is -1.06. The molecule has 0 radical (unpaired) electrons. The molecule has 1 unspecified atom stereocenters. The van der Waals surface area contributed by atoms with Crippen LogP contribution in [0, 0.1) is 0 Å². The van der Waals surface area contributed by atoms with Crippen molar-refractivity contribution in [2.24, 2.45) is 0 Å². The lowest BCUT2D eigenvalue weighted by atomic mass is 9.99. The van der Waals surface area contributed by atoms with E-state index < -0.39 is 0 Å². The second-order valence-electron chi connectivity index (χ2n) is 5.13. The summed E-state index contributed by atoms with van der Waals surface area (Å²) >= 11 is 0. The third-order valence-electron chi connectivity index (χ3n) is 3.60. The van der Waals surface area contributed by atoms with E-state index >= 15 is 0 Å². The predicted octanol–water partition coefficient (Wildman–Crippen LogP) is 2.30. The van der Waals surface area contributed by atoms with E-state index in [0.717, 1.165) is 25.9 Å². The molecule has 1 aromatic rings. The minimum atomic E-state index is 0.286. The number of hydrogen-bond donors (Lipinski definition) is 3. The maximum atomic E-state index is 8.82. The second-order valence-corrected chi connectivity index (χ2v) is 5.13. The third kappa shape index (κ3) is 3.47. The van der Waals surface area contributed by atoms with Crippen LogP contribution in [0.4, 0.5) is 5.69 Å². The highest BCUT2D eigenvalue weighted by Gasteiger charge is 2.12. The van der Waals surface area contributed by atoms with Gasteiger partial charge in [0, 0.05) is 31.4 Å². The van der Waals surface area contributed by atoms with Gasteiger partial charge in [-0.1, -0.05) is 18.2 Å². The Labute approximate surface area is 110 Å². The number of aliphatic hydroxyl groups is 1. The second kappa shape index (κ2) is 6.76. The molecule has 1 atom stereocenters. The van der Waals surface area contributed by atoms with Crippen LogP contribution in [-0.2, 0) is 13.0 Å². The van der Waals surface area contributed by atoms with E-state index in [1.54, 1.807) is 0 Å². The van der Waals surface area contributed by atoms with Crippen molar-refractivity contribution in [3.8, 4) is 0 Å². The fourth-order valence-corrected chi connectivity index (χ4v) is 2.51. The first-order valence-corrected chi connectivity index (χ1v) is 7.00. The Morgan fingerprint density at radius 1 is 1.44 bits per heavy atom. The lowest BCUT2D eigenvalue weighted by Crippen LogP contribution is -2.26. The van der Waals surface area contributed by atoms with Gasteiger partial charge in [0.05, 0.1) is 0 Å². The molecule has 1 aromatic carbocycles. The normalized spacial score (nSPS) is 15.9. The van der Waals surface area contributed by atoms with E-state index in [0.29, 0.717) is 6.04 Å². The summed E-state index contributed by atoms with van der Waals surface area (Å²) in [5.74, 6) is 0. The lowest BCUT2D eigenvalue weighted by Gasteiger charge is -2.22. The molecule has 0 saturated heterocycles. The molecule has 1 aliphatic rings. The summed E-state index contributed by atoms with van der Waals surface area (Å²) in [5, 5.41) is 15.9. The molecule has 2 rings (SSSR count). The minimum Gasteiger partial charge on any atom is -0.396 e. The minimum absolute atomic E-state index is 0.286. The van der Waals surface area contributed by atoms with Crippen LogP contribution < -0.4 is 10.6 Å². The highest BCUT2D eigenvalue weighted by Crippen LogP contribution is 2.25. The summed E-state index contributed by atoms with van der Waals surface area (Å²) in [4.78, 5) is 0. The van der Waals surface area contributed by atoms with Crippen molar-refractivity contribution in [3.63, 3.8) is 0 Å². The third-order valence-corrected chi connectivity index (χ3v) is 3.60. The van der Waals surface area contributed by atoms with Crippen molar-refractivity contribution in [2.75, 3.05) is 18.5 Å². The van der Waals surface area contributed by atoms with Crippen LogP contribution in [0.15, 0.2) is 18.2 Å². The monoisotopic (exact) mass is 248 g/mol. The summed E-state index contributed by atoms with van der Waals surface area (Å²) in [7, 11) is 0. The number of nitrogens with one attached hydrogen (secondary N) is 2. The first kappa shape index (κ1) is 13.4. The Kier molecular flexibility index (Phi) is 5.02. The molecular formula is C15H24N2O. The van der Waals surface area contributed by atoms with Gasteiger partial charge >= 0.3 is 0 Å². The van der Waals surface area contributed by atoms with Crippen LogP contribution >= 0.6 is 0 Å². The zero-order chi connectivity index (χ0) is 12.8. The number of fused-ring (bicyclic) bond motifs is 1. The molecule has 100 valence electrons. The average molecular weight is 248 g/mol. The van der Waals surface area contributed by atoms with Crippen molar-refractivity contribution in [2.45, 2.75) is 45.2 Å². The van der Waals surface area contributed by atoms with Crippen molar-refractivity contribution < 1.29 is 5.11 Å². The van der Waals surface area contributed by atoms with E-state index in [2.05, 4.69) is 35.8 Å². The van der Waals surface area contributed by atoms with E-state index in [-0.39, 0.29) is 6.61 Å². The van der Waals surface area contributed by atoms with Crippen LogP contribution in [0.1, 0.15) is 37.3 Å². The lowest BCUT2D eigenvalue weighted by molar-refractivity contribution is 0.276. The summed E-state index contributed by atoms with van der Waals surface area (Å²) < 4.78 is 0. The molecule has 3 nitrogen and oxygen atoms in total. The predicted molar refractivity (Wildman–Crippen MR) is 75.9 cm³/mol. The number of para-hydroxylation sites is 1. The van der Waals surface area contributed by atoms with E-state index in [1.807, 2.05) is 0 Å². The van der Waals surface area contributed by atoms with Gasteiger partial charge in [0.15, 0.2) is 0 Å². The van der Waals surface area contributed by atoms with Gasteiger partial charge < -0.3 is 15.7 Å². The van der Waals surface area contributed by atoms with Crippen molar-refractivity contribution in [3.05, 3.63) is 29.3 Å². The molecule has 18 heavy (non-hydrogen) atoms. The molecule has 0 fully saturated rings. The molecule has 3 heteroatoms. The van der Waals surface area contributed by atoms with Crippen LogP contribution in [0.3, 0.4) is 0 Å². The number of anilines is 1. The van der Waals surface area contributed by atoms with E-state index in [4.69, 9.17) is 5.11 Å². The van der Waals surface area contributed by atoms with Gasteiger partial charge in [-0.3, -0.25) is 0 Å². The van der Waals surface area contributed by atoms with Gasteiger partial charge in [-0.25, -0.2) is 0 Å². The largest absolute Gasteiger partial charge is 0.396 e. The van der Waals surface area contributed by atoms with E-state index in [1.165, 1.54) is 29.7 Å². The molecule has 1 aliphatic heterocycles. The van der Waals surface area contributed by atoms with Crippen molar-refractivity contribution in [1.29, 1.82) is 0 Å². The maximum absolute atomic E-state index is 8.82. The number of aryl methyl sites for hydroxylation is 1. The molecule has 3 N–H and O–H groups in total. The van der Waals surface area contributed by atoms with Gasteiger partial charge in [-0.2, -0.15) is 0 Å². The Morgan fingerprint density at radius 3 is 3.17 bits per heavy atom. The number of hydrogen-bond acceptors (Lipinski definition) is 3. The molecule has 1 heterocycles. The molecule has 0 saturated carbocycles. The first-order valence-electron chi connectivity index (χ1n) is 7.00. The van der Waals surface area contributed by atoms with Crippen LogP contribution in [0.5, 0.6) is 0 Å². The van der Waals surface area contributed by atoms with E-state index in [9.17, 15) is 0 Å². The number of rotatable bonds is 6. The zero-order valence-electron chi connectivity index (χ0n) is 11.2. The SMILES string of the molecule is CC(CCCO)NCc1cccc2c1NCCC2. The van der Waals surface area contributed by atoms with Gasteiger partial charge in [0.1, 0.15) is 0 Å². The fourth-order valence-electron chi connectivity index (χ4n) is 2.51. The molecule has 0 bridgehead atoms. The van der Waals surface area contributed by atoms with Gasteiger partial charge in [0.25, 0.3) is 0 Å². The molecule has 0 spiro atoms. The summed E-state index contributed by atoms with van der Waals surface area (Å²) in [5.41, 5.74) is 4.15. The Balaban J connectivity index is 1.93. The first-order chi connectivity index (χ1) is 8.81. The zero-order valence-corrected chi connectivity index (χ0v) is 11.2. The average Bonchev–Trinajstić information content (AvgIpc) is 2.42. The number of aliphatic hydroxyl groups excluding tert-OH is 1. The quantitative estimate of drug-likeness (QED) is 0.724. The highest BCUT2D eigenvalue weighted by atomic mass is 16.2. The molecule has 0 aromatic heterocycles. The Morgan fingerprint density at radius 2 is 2.33 bits per heavy atom. The van der Waals surface area contributed by atoms with Gasteiger partial charge in [0.2, 0.25) is 0 Å². The standard InChI is InChI=1S/C15H24N2O/c1-12(5-4-10-18)17-11-14-7-2-6-13-8-3-9-16-15(13)14/h2,6-7,12,16-18H,3-5,8-11H2,1H3. The summed E-state index contributed by atoms with van der Waals surface area (Å²) in [6, 6.07) is 7.03. The van der Waals surface area contributed by atoms with Crippen LogP contribution in [0.2, 0.25) is 0 Å². The maximum Gasteiger partial charge on any atom is 0.0431 e.